The lowest BCUT2D eigenvalue weighted by Gasteiger charge is -2.42. The van der Waals surface area contributed by atoms with E-state index in [0.717, 1.165) is 38.5 Å². The van der Waals surface area contributed by atoms with Gasteiger partial charge in [0.15, 0.2) is 12.6 Å². The maximum absolute atomic E-state index is 13.1. The summed E-state index contributed by atoms with van der Waals surface area (Å²) in [4.78, 5) is 13.1. The monoisotopic (exact) mass is 1090 g/mol. The topological polar surface area (TPSA) is 214 Å². The first-order valence-corrected chi connectivity index (χ1v) is 31.8. The van der Waals surface area contributed by atoms with Gasteiger partial charge in [-0.05, 0) is 38.5 Å². The zero-order valence-electron chi connectivity index (χ0n) is 48.5. The molecule has 0 bridgehead atoms. The first-order chi connectivity index (χ1) is 37.1. The van der Waals surface area contributed by atoms with Crippen molar-refractivity contribution >= 4 is 5.97 Å². The van der Waals surface area contributed by atoms with E-state index in [2.05, 4.69) is 26.0 Å². The molecule has 2 aliphatic rings. The second-order valence-electron chi connectivity index (χ2n) is 22.6. The van der Waals surface area contributed by atoms with Crippen LogP contribution in [0.25, 0.3) is 0 Å². The number of carbonyl (C=O) groups excluding carboxylic acids is 1. The average Bonchev–Trinajstić information content (AvgIpc) is 3.42. The predicted octanol–water partition coefficient (Wildman–Crippen LogP) is 12.1. The molecule has 2 saturated heterocycles. The highest BCUT2D eigenvalue weighted by Gasteiger charge is 2.47. The van der Waals surface area contributed by atoms with E-state index in [9.17, 15) is 40.5 Å². The van der Waals surface area contributed by atoms with Gasteiger partial charge in [0.25, 0.3) is 0 Å². The number of hydrogen-bond acceptors (Lipinski definition) is 14. The molecule has 0 radical (unpaired) electrons. The van der Waals surface area contributed by atoms with Crippen LogP contribution in [0.4, 0.5) is 0 Å². The van der Waals surface area contributed by atoms with Gasteiger partial charge < -0.3 is 64.2 Å². The van der Waals surface area contributed by atoms with Gasteiger partial charge in [0, 0.05) is 13.0 Å². The number of unbranched alkanes of at least 4 members (excludes halogenated alkanes) is 37. The number of allylic oxidation sites excluding steroid dienone is 2. The molecule has 2 rings (SSSR count). The summed E-state index contributed by atoms with van der Waals surface area (Å²) >= 11 is 0. The molecule has 0 aromatic rings. The molecule has 2 fully saturated rings. The van der Waals surface area contributed by atoms with Crippen molar-refractivity contribution in [2.75, 3.05) is 33.0 Å². The summed E-state index contributed by atoms with van der Waals surface area (Å²) in [6.45, 7) is 3.76. The van der Waals surface area contributed by atoms with Crippen LogP contribution in [0.2, 0.25) is 0 Å². The molecule has 0 aromatic carbocycles. The number of aliphatic hydroxyl groups excluding tert-OH is 7. The molecule has 14 heteroatoms. The summed E-state index contributed by atoms with van der Waals surface area (Å²) in [6.07, 6.45) is 39.9. The van der Waals surface area contributed by atoms with Gasteiger partial charge in [0.1, 0.15) is 54.9 Å². The zero-order valence-corrected chi connectivity index (χ0v) is 48.5. The van der Waals surface area contributed by atoms with Gasteiger partial charge in [0.2, 0.25) is 0 Å². The Hall–Kier alpha value is -1.27. The van der Waals surface area contributed by atoms with Crippen molar-refractivity contribution in [3.8, 4) is 0 Å². The third-order valence-corrected chi connectivity index (χ3v) is 15.5. The second kappa shape index (κ2) is 49.5. The molecule has 2 heterocycles. The van der Waals surface area contributed by atoms with Gasteiger partial charge in [-0.15, -0.1) is 0 Å². The summed E-state index contributed by atoms with van der Waals surface area (Å²) in [5.41, 5.74) is 0. The molecule has 11 unspecified atom stereocenters. The highest BCUT2D eigenvalue weighted by molar-refractivity contribution is 5.69. The Balaban J connectivity index is 1.67. The van der Waals surface area contributed by atoms with Crippen LogP contribution in [0.1, 0.15) is 277 Å². The third kappa shape index (κ3) is 35.5. The Morgan fingerprint density at radius 1 is 0.421 bits per heavy atom. The summed E-state index contributed by atoms with van der Waals surface area (Å²) in [6, 6.07) is 0. The van der Waals surface area contributed by atoms with Crippen molar-refractivity contribution in [3.63, 3.8) is 0 Å². The average molecular weight is 1090 g/mol. The molecule has 0 spiro atoms. The number of aliphatic hydroxyl groups is 7. The maximum Gasteiger partial charge on any atom is 0.306 e. The molecule has 0 aliphatic carbocycles. The van der Waals surface area contributed by atoms with Gasteiger partial charge >= 0.3 is 5.97 Å². The Kier molecular flexibility index (Phi) is 46.2. The molecular weight excluding hydrogens is 969 g/mol. The highest BCUT2D eigenvalue weighted by Crippen LogP contribution is 2.27. The fourth-order valence-corrected chi connectivity index (χ4v) is 10.4. The van der Waals surface area contributed by atoms with Crippen molar-refractivity contribution in [1.82, 2.24) is 0 Å². The van der Waals surface area contributed by atoms with E-state index in [4.69, 9.17) is 28.4 Å². The quantitative estimate of drug-likeness (QED) is 0.0172. The van der Waals surface area contributed by atoms with Gasteiger partial charge in [-0.1, -0.05) is 244 Å². The van der Waals surface area contributed by atoms with E-state index in [-0.39, 0.29) is 25.6 Å². The predicted molar refractivity (Wildman–Crippen MR) is 303 cm³/mol. The lowest BCUT2D eigenvalue weighted by atomic mass is 9.98. The Bertz CT molecular complexity index is 1310. The lowest BCUT2D eigenvalue weighted by Crippen LogP contribution is -2.61. The standard InChI is InChI=1S/C62H118O14/c1-3-5-7-9-11-13-15-17-19-21-23-24-25-26-28-30-32-34-36-38-40-42-44-46-71-48-51(74-54(64)45-43-41-39-37-35-33-31-29-27-22-20-18-16-14-12-10-8-6-4-2)49-72-61-60(70)58(68)56(66)53(76-61)50-73-62-59(69)57(67)55(65)52(47-63)75-62/h18,20,51-53,55-63,65-70H,3-17,19,21-50H2,1-2H3/b20-18-. The Morgan fingerprint density at radius 3 is 1.20 bits per heavy atom. The molecule has 0 saturated carbocycles. The van der Waals surface area contributed by atoms with Crippen molar-refractivity contribution in [2.45, 2.75) is 345 Å². The van der Waals surface area contributed by atoms with Crippen LogP contribution in [0, 0.1) is 0 Å². The molecule has 0 amide bonds. The highest BCUT2D eigenvalue weighted by atomic mass is 16.7. The summed E-state index contributed by atoms with van der Waals surface area (Å²) in [5, 5.41) is 72.4. The van der Waals surface area contributed by atoms with Crippen molar-refractivity contribution in [3.05, 3.63) is 12.2 Å². The van der Waals surface area contributed by atoms with Crippen LogP contribution in [0.3, 0.4) is 0 Å². The summed E-state index contributed by atoms with van der Waals surface area (Å²) in [5.74, 6) is -0.371. The molecule has 0 aromatic heterocycles. The van der Waals surface area contributed by atoms with Crippen LogP contribution in [0.5, 0.6) is 0 Å². The van der Waals surface area contributed by atoms with Gasteiger partial charge in [-0.2, -0.15) is 0 Å². The molecule has 14 nitrogen and oxygen atoms in total. The van der Waals surface area contributed by atoms with E-state index in [0.29, 0.717) is 13.0 Å². The van der Waals surface area contributed by atoms with Gasteiger partial charge in [-0.25, -0.2) is 0 Å². The van der Waals surface area contributed by atoms with Gasteiger partial charge in [-0.3, -0.25) is 4.79 Å². The van der Waals surface area contributed by atoms with Crippen LogP contribution in [0.15, 0.2) is 12.2 Å². The fourth-order valence-electron chi connectivity index (χ4n) is 10.4. The number of carbonyl (C=O) groups is 1. The zero-order chi connectivity index (χ0) is 55.1. The van der Waals surface area contributed by atoms with E-state index < -0.39 is 80.7 Å². The number of rotatable bonds is 53. The minimum Gasteiger partial charge on any atom is -0.457 e. The molecule has 450 valence electrons. The molecular formula is C62H118O14. The minimum atomic E-state index is -1.70. The van der Waals surface area contributed by atoms with E-state index in [1.165, 1.54) is 212 Å². The first kappa shape index (κ1) is 70.8. The molecule has 11 atom stereocenters. The number of ether oxygens (including phenoxy) is 6. The minimum absolute atomic E-state index is 0.0676. The Morgan fingerprint density at radius 2 is 0.776 bits per heavy atom. The summed E-state index contributed by atoms with van der Waals surface area (Å²) in [7, 11) is 0. The van der Waals surface area contributed by atoms with Crippen molar-refractivity contribution in [1.29, 1.82) is 0 Å². The largest absolute Gasteiger partial charge is 0.457 e. The normalized spacial score (nSPS) is 24.4. The van der Waals surface area contributed by atoms with Crippen LogP contribution < -0.4 is 0 Å². The van der Waals surface area contributed by atoms with Crippen molar-refractivity contribution < 1.29 is 69.0 Å². The fraction of sp³-hybridized carbons (Fsp3) is 0.952. The molecule has 76 heavy (non-hydrogen) atoms. The van der Waals surface area contributed by atoms with E-state index in [1.807, 2.05) is 0 Å². The lowest BCUT2D eigenvalue weighted by molar-refractivity contribution is -0.332. The summed E-state index contributed by atoms with van der Waals surface area (Å²) < 4.78 is 34.5. The van der Waals surface area contributed by atoms with E-state index >= 15 is 0 Å². The van der Waals surface area contributed by atoms with Gasteiger partial charge in [0.05, 0.1) is 26.4 Å². The smallest absolute Gasteiger partial charge is 0.306 e. The number of hydrogen-bond donors (Lipinski definition) is 7. The SMILES string of the molecule is CCCCCCCC/C=C\CCCCCCCCCCCC(=O)OC(COCCCCCCCCCCCCCCCCCCCCCCCCC)COC1OC(COC2OC(CO)C(O)C(O)C2O)C(O)C(O)C1O. The van der Waals surface area contributed by atoms with Crippen LogP contribution in [-0.4, -0.2) is 142 Å². The van der Waals surface area contributed by atoms with Crippen molar-refractivity contribution in [2.24, 2.45) is 0 Å². The molecule has 2 aliphatic heterocycles. The Labute approximate surface area is 463 Å². The van der Waals surface area contributed by atoms with E-state index in [1.54, 1.807) is 0 Å². The first-order valence-electron chi connectivity index (χ1n) is 31.8. The second-order valence-corrected chi connectivity index (χ2v) is 22.6. The van der Waals surface area contributed by atoms with Crippen LogP contribution in [-0.2, 0) is 33.2 Å². The van der Waals surface area contributed by atoms with Crippen LogP contribution >= 0.6 is 0 Å². The number of esters is 1. The third-order valence-electron chi connectivity index (χ3n) is 15.5. The maximum atomic E-state index is 13.1. The molecule has 7 N–H and O–H groups in total.